The Bertz CT molecular complexity index is 348. The molecule has 0 saturated heterocycles. The van der Waals surface area contributed by atoms with Crippen LogP contribution in [0.25, 0.3) is 0 Å². The molecule has 2 heteroatoms. The summed E-state index contributed by atoms with van der Waals surface area (Å²) in [4.78, 5) is 0. The molecule has 2 rings (SSSR count). The van der Waals surface area contributed by atoms with Gasteiger partial charge >= 0.3 is 0 Å². The third-order valence-corrected chi connectivity index (χ3v) is 4.51. The Kier molecular flexibility index (Phi) is 4.25. The van der Waals surface area contributed by atoms with Crippen LogP contribution in [-0.4, -0.2) is 17.0 Å². The van der Waals surface area contributed by atoms with Crippen LogP contribution in [0.3, 0.4) is 0 Å². The van der Waals surface area contributed by atoms with Gasteiger partial charge in [0.15, 0.2) is 0 Å². The predicted molar refractivity (Wildman–Crippen MR) is 78.4 cm³/mol. The average Bonchev–Trinajstić information content (AvgIpc) is 2.24. The molecule has 1 aromatic carbocycles. The van der Waals surface area contributed by atoms with E-state index in [1.807, 2.05) is 0 Å². The van der Waals surface area contributed by atoms with E-state index in [2.05, 4.69) is 66.0 Å². The summed E-state index contributed by atoms with van der Waals surface area (Å²) in [6.45, 7) is 5.74. The monoisotopic (exact) mass is 329 g/mol. The molecular formula is C14H20IN. The van der Waals surface area contributed by atoms with Gasteiger partial charge in [-0.3, -0.25) is 0 Å². The third kappa shape index (κ3) is 2.59. The van der Waals surface area contributed by atoms with Gasteiger partial charge in [0.2, 0.25) is 0 Å². The number of halogens is 1. The zero-order valence-corrected chi connectivity index (χ0v) is 12.2. The Labute approximate surface area is 112 Å². The minimum Gasteiger partial charge on any atom is -0.312 e. The summed E-state index contributed by atoms with van der Waals surface area (Å²) in [6, 6.07) is 9.49. The zero-order valence-electron chi connectivity index (χ0n) is 10.0. The molecule has 0 aromatic heterocycles. The molecule has 1 aliphatic rings. The van der Waals surface area contributed by atoms with Gasteiger partial charge in [-0.15, -0.1) is 0 Å². The predicted octanol–water partition coefficient (Wildman–Crippen LogP) is 3.38. The summed E-state index contributed by atoms with van der Waals surface area (Å²) in [7, 11) is 0. The minimum absolute atomic E-state index is 0.661. The number of alkyl halides is 1. The Morgan fingerprint density at radius 3 is 2.75 bits per heavy atom. The van der Waals surface area contributed by atoms with Crippen LogP contribution in [-0.2, 0) is 6.42 Å². The van der Waals surface area contributed by atoms with Crippen LogP contribution in [0.15, 0.2) is 24.3 Å². The summed E-state index contributed by atoms with van der Waals surface area (Å²) < 4.78 is 1.20. The van der Waals surface area contributed by atoms with E-state index in [4.69, 9.17) is 0 Å². The maximum atomic E-state index is 3.70. The van der Waals surface area contributed by atoms with Gasteiger partial charge in [-0.05, 0) is 23.5 Å². The lowest BCUT2D eigenvalue weighted by Gasteiger charge is -2.32. The van der Waals surface area contributed by atoms with Crippen molar-refractivity contribution < 1.29 is 0 Å². The fourth-order valence-corrected chi connectivity index (χ4v) is 3.64. The number of hydrogen-bond donors (Lipinski definition) is 1. The van der Waals surface area contributed by atoms with E-state index in [0.29, 0.717) is 6.04 Å². The van der Waals surface area contributed by atoms with Crippen LogP contribution in [0.4, 0.5) is 0 Å². The Balaban J connectivity index is 1.85. The van der Waals surface area contributed by atoms with Crippen molar-refractivity contribution in [2.24, 2.45) is 5.92 Å². The lowest BCUT2D eigenvalue weighted by Crippen LogP contribution is -2.40. The van der Waals surface area contributed by atoms with Gasteiger partial charge in [0.05, 0.1) is 0 Å². The van der Waals surface area contributed by atoms with E-state index in [-0.39, 0.29) is 0 Å². The first-order valence-corrected chi connectivity index (χ1v) is 7.62. The van der Waals surface area contributed by atoms with Crippen LogP contribution < -0.4 is 5.32 Å². The van der Waals surface area contributed by atoms with Crippen LogP contribution >= 0.6 is 22.6 Å². The topological polar surface area (TPSA) is 12.0 Å². The summed E-state index contributed by atoms with van der Waals surface area (Å²) >= 11 is 2.48. The van der Waals surface area contributed by atoms with E-state index < -0.39 is 0 Å². The van der Waals surface area contributed by atoms with Crippen LogP contribution in [0, 0.1) is 5.92 Å². The summed E-state index contributed by atoms with van der Waals surface area (Å²) in [5.41, 5.74) is 3.11. The minimum atomic E-state index is 0.661. The second kappa shape index (κ2) is 5.50. The Morgan fingerprint density at radius 1 is 1.38 bits per heavy atom. The second-order valence-corrected chi connectivity index (χ2v) is 5.89. The maximum absolute atomic E-state index is 3.70. The van der Waals surface area contributed by atoms with Gasteiger partial charge in [0, 0.05) is 22.9 Å². The summed E-state index contributed by atoms with van der Waals surface area (Å²) in [6.07, 6.45) is 1.26. The molecule has 0 bridgehead atoms. The number of rotatable bonds is 5. The molecule has 16 heavy (non-hydrogen) atoms. The van der Waals surface area contributed by atoms with Crippen molar-refractivity contribution in [1.29, 1.82) is 0 Å². The van der Waals surface area contributed by atoms with E-state index in [1.54, 1.807) is 11.1 Å². The molecule has 0 amide bonds. The van der Waals surface area contributed by atoms with E-state index in [0.717, 1.165) is 18.4 Å². The fourth-order valence-electron chi connectivity index (χ4n) is 2.31. The fraction of sp³-hybridized carbons (Fsp3) is 0.571. The normalized spacial score (nSPS) is 20.4. The highest BCUT2D eigenvalue weighted by atomic mass is 127. The molecule has 2 unspecified atom stereocenters. The molecule has 1 aromatic rings. The second-order valence-electron chi connectivity index (χ2n) is 5.01. The van der Waals surface area contributed by atoms with E-state index >= 15 is 0 Å². The third-order valence-electron chi connectivity index (χ3n) is 3.56. The number of hydrogen-bond acceptors (Lipinski definition) is 1. The van der Waals surface area contributed by atoms with Gasteiger partial charge in [0.25, 0.3) is 0 Å². The molecule has 0 saturated carbocycles. The average molecular weight is 329 g/mol. The molecule has 1 aliphatic carbocycles. The lowest BCUT2D eigenvalue weighted by molar-refractivity contribution is 0.409. The lowest BCUT2D eigenvalue weighted by atomic mass is 9.77. The van der Waals surface area contributed by atoms with E-state index in [1.165, 1.54) is 10.8 Å². The van der Waals surface area contributed by atoms with Gasteiger partial charge in [-0.2, -0.15) is 0 Å². The van der Waals surface area contributed by atoms with Crippen molar-refractivity contribution in [1.82, 2.24) is 5.32 Å². The molecular weight excluding hydrogens is 309 g/mol. The molecule has 0 spiro atoms. The molecule has 2 atom stereocenters. The van der Waals surface area contributed by atoms with Gasteiger partial charge in [0.1, 0.15) is 0 Å². The SMILES string of the molecule is CC(C)C(CI)NCC1Cc2ccccc21. The molecule has 0 heterocycles. The standard InChI is InChI=1S/C14H20IN/c1-10(2)14(8-15)16-9-12-7-11-5-3-4-6-13(11)12/h3-6,10,12,14,16H,7-9H2,1-2H3. The van der Waals surface area contributed by atoms with Crippen molar-refractivity contribution in [2.75, 3.05) is 11.0 Å². The Hall–Kier alpha value is -0.0900. The smallest absolute Gasteiger partial charge is 0.0180 e. The first-order valence-electron chi connectivity index (χ1n) is 6.09. The summed E-state index contributed by atoms with van der Waals surface area (Å²) in [5, 5.41) is 3.70. The Morgan fingerprint density at radius 2 is 2.12 bits per heavy atom. The van der Waals surface area contributed by atoms with Crippen LogP contribution in [0.1, 0.15) is 30.9 Å². The van der Waals surface area contributed by atoms with E-state index in [9.17, 15) is 0 Å². The molecule has 1 nitrogen and oxygen atoms in total. The largest absolute Gasteiger partial charge is 0.312 e. The first-order chi connectivity index (χ1) is 7.72. The van der Waals surface area contributed by atoms with Gasteiger partial charge < -0.3 is 5.32 Å². The summed E-state index contributed by atoms with van der Waals surface area (Å²) in [5.74, 6) is 1.48. The molecule has 88 valence electrons. The zero-order chi connectivity index (χ0) is 11.5. The van der Waals surface area contributed by atoms with Gasteiger partial charge in [-0.1, -0.05) is 60.7 Å². The van der Waals surface area contributed by atoms with Crippen molar-refractivity contribution >= 4 is 22.6 Å². The quantitative estimate of drug-likeness (QED) is 0.645. The molecule has 1 N–H and O–H groups in total. The molecule has 0 fully saturated rings. The number of nitrogens with one attached hydrogen (secondary N) is 1. The highest BCUT2D eigenvalue weighted by Gasteiger charge is 2.25. The molecule has 0 aliphatic heterocycles. The van der Waals surface area contributed by atoms with Crippen LogP contribution in [0.2, 0.25) is 0 Å². The first kappa shape index (κ1) is 12.4. The van der Waals surface area contributed by atoms with Crippen molar-refractivity contribution in [2.45, 2.75) is 32.2 Å². The van der Waals surface area contributed by atoms with Gasteiger partial charge in [-0.25, -0.2) is 0 Å². The number of fused-ring (bicyclic) bond motifs is 1. The highest BCUT2D eigenvalue weighted by Crippen LogP contribution is 2.34. The van der Waals surface area contributed by atoms with Crippen LogP contribution in [0.5, 0.6) is 0 Å². The number of benzene rings is 1. The van der Waals surface area contributed by atoms with Crippen molar-refractivity contribution in [3.8, 4) is 0 Å². The van der Waals surface area contributed by atoms with Crippen molar-refractivity contribution in [3.05, 3.63) is 35.4 Å². The highest BCUT2D eigenvalue weighted by molar-refractivity contribution is 14.1. The molecule has 0 radical (unpaired) electrons. The van der Waals surface area contributed by atoms with Crippen molar-refractivity contribution in [3.63, 3.8) is 0 Å². The maximum Gasteiger partial charge on any atom is 0.0180 e.